The van der Waals surface area contributed by atoms with E-state index in [9.17, 15) is 0 Å². The lowest BCUT2D eigenvalue weighted by molar-refractivity contribution is 0.524. The van der Waals surface area contributed by atoms with Gasteiger partial charge in [-0.05, 0) is 29.9 Å². The zero-order chi connectivity index (χ0) is 9.54. The van der Waals surface area contributed by atoms with Crippen molar-refractivity contribution in [2.24, 2.45) is 5.92 Å². The molecule has 0 radical (unpaired) electrons. The molecule has 1 N–H and O–H groups in total. The highest BCUT2D eigenvalue weighted by Gasteiger charge is 2.34. The molecule has 2 aliphatic rings. The van der Waals surface area contributed by atoms with Gasteiger partial charge in [-0.3, -0.25) is 0 Å². The van der Waals surface area contributed by atoms with Gasteiger partial charge in [-0.25, -0.2) is 0 Å². The van der Waals surface area contributed by atoms with E-state index in [2.05, 4.69) is 36.5 Å². The Morgan fingerprint density at radius 1 is 1.36 bits per heavy atom. The molecule has 0 bridgehead atoms. The Kier molecular flexibility index (Phi) is 1.88. The van der Waals surface area contributed by atoms with Crippen LogP contribution in [-0.2, 0) is 6.42 Å². The number of hydrogen-bond acceptors (Lipinski definition) is 1. The van der Waals surface area contributed by atoms with E-state index in [-0.39, 0.29) is 0 Å². The number of benzene rings is 1. The molecule has 2 aliphatic carbocycles. The minimum atomic E-state index is 0.791. The molecule has 3 rings (SSSR count). The van der Waals surface area contributed by atoms with E-state index >= 15 is 0 Å². The molecule has 3 atom stereocenters. The Morgan fingerprint density at radius 3 is 2.86 bits per heavy atom. The van der Waals surface area contributed by atoms with Crippen molar-refractivity contribution in [3.05, 3.63) is 35.4 Å². The van der Waals surface area contributed by atoms with Crippen molar-refractivity contribution in [1.82, 2.24) is 5.32 Å². The van der Waals surface area contributed by atoms with Gasteiger partial charge in [-0.2, -0.15) is 0 Å². The first-order valence-electron chi connectivity index (χ1n) is 5.66. The van der Waals surface area contributed by atoms with Crippen LogP contribution >= 0.6 is 0 Å². The van der Waals surface area contributed by atoms with Crippen LogP contribution in [0.25, 0.3) is 0 Å². The Bertz CT molecular complexity index is 345. The first kappa shape index (κ1) is 8.49. The van der Waals surface area contributed by atoms with Crippen LogP contribution in [0.5, 0.6) is 0 Å². The van der Waals surface area contributed by atoms with Crippen LogP contribution in [0.15, 0.2) is 24.3 Å². The van der Waals surface area contributed by atoms with E-state index in [1.54, 1.807) is 11.1 Å². The van der Waals surface area contributed by atoms with E-state index < -0.39 is 0 Å². The quantitative estimate of drug-likeness (QED) is 0.765. The third kappa shape index (κ3) is 1.36. The molecular formula is C13H17N. The average Bonchev–Trinajstić information content (AvgIpc) is 2.84. The number of fused-ring (bicyclic) bond motifs is 1. The molecule has 0 spiro atoms. The molecule has 0 saturated heterocycles. The molecule has 0 heterocycles. The fourth-order valence-corrected chi connectivity index (χ4v) is 2.44. The monoisotopic (exact) mass is 187 g/mol. The predicted octanol–water partition coefficient (Wildman–Crippen LogP) is 2.32. The average molecular weight is 187 g/mol. The Hall–Kier alpha value is -0.820. The lowest BCUT2D eigenvalue weighted by Crippen LogP contribution is -2.30. The van der Waals surface area contributed by atoms with Gasteiger partial charge in [0.05, 0.1) is 0 Å². The molecule has 14 heavy (non-hydrogen) atoms. The molecule has 1 fully saturated rings. The topological polar surface area (TPSA) is 12.0 Å². The minimum absolute atomic E-state index is 0.791. The molecule has 1 aromatic carbocycles. The fourth-order valence-electron chi connectivity index (χ4n) is 2.44. The minimum Gasteiger partial charge on any atom is -0.313 e. The Labute approximate surface area is 85.5 Å². The van der Waals surface area contributed by atoms with Gasteiger partial charge < -0.3 is 5.32 Å². The van der Waals surface area contributed by atoms with Gasteiger partial charge in [-0.15, -0.1) is 0 Å². The molecule has 0 amide bonds. The maximum Gasteiger partial charge on any atom is 0.00966 e. The summed E-state index contributed by atoms with van der Waals surface area (Å²) in [6.45, 7) is 3.51. The summed E-state index contributed by atoms with van der Waals surface area (Å²) in [6.07, 6.45) is 2.67. The van der Waals surface area contributed by atoms with Crippen LogP contribution in [0.4, 0.5) is 0 Å². The maximum absolute atomic E-state index is 3.65. The van der Waals surface area contributed by atoms with Crippen molar-refractivity contribution < 1.29 is 0 Å². The van der Waals surface area contributed by atoms with Gasteiger partial charge in [0, 0.05) is 18.5 Å². The zero-order valence-electron chi connectivity index (χ0n) is 8.66. The van der Waals surface area contributed by atoms with Gasteiger partial charge in [0.1, 0.15) is 0 Å². The number of rotatable bonds is 3. The van der Waals surface area contributed by atoms with Crippen LogP contribution in [0.3, 0.4) is 0 Å². The summed E-state index contributed by atoms with van der Waals surface area (Å²) in [5.74, 6) is 1.71. The van der Waals surface area contributed by atoms with Gasteiger partial charge in [-0.1, -0.05) is 31.2 Å². The second-order valence-corrected chi connectivity index (χ2v) is 4.83. The van der Waals surface area contributed by atoms with Crippen LogP contribution in [-0.4, -0.2) is 12.6 Å². The highest BCUT2D eigenvalue weighted by Crippen LogP contribution is 2.35. The first-order valence-corrected chi connectivity index (χ1v) is 5.66. The van der Waals surface area contributed by atoms with E-state index in [1.165, 1.54) is 19.4 Å². The molecular weight excluding hydrogens is 170 g/mol. The second kappa shape index (κ2) is 3.09. The van der Waals surface area contributed by atoms with Crippen LogP contribution < -0.4 is 5.32 Å². The standard InChI is InChI=1S/C13H17N/c1-9-6-13(9)14-8-11-7-10-4-2-3-5-12(10)11/h2-5,9,11,13-14H,6-8H2,1H3. The smallest absolute Gasteiger partial charge is 0.00966 e. The number of hydrogen-bond donors (Lipinski definition) is 1. The Balaban J connectivity index is 1.57. The highest BCUT2D eigenvalue weighted by molar-refractivity contribution is 5.40. The van der Waals surface area contributed by atoms with Crippen molar-refractivity contribution in [1.29, 1.82) is 0 Å². The highest BCUT2D eigenvalue weighted by atomic mass is 15.0. The first-order chi connectivity index (χ1) is 6.84. The predicted molar refractivity (Wildman–Crippen MR) is 58.5 cm³/mol. The second-order valence-electron chi connectivity index (χ2n) is 4.83. The summed E-state index contributed by atoms with van der Waals surface area (Å²) < 4.78 is 0. The van der Waals surface area contributed by atoms with Gasteiger partial charge >= 0.3 is 0 Å². The third-order valence-electron chi connectivity index (χ3n) is 3.70. The molecule has 0 aromatic heterocycles. The van der Waals surface area contributed by atoms with Crippen molar-refractivity contribution in [2.75, 3.05) is 6.54 Å². The third-order valence-corrected chi connectivity index (χ3v) is 3.70. The summed E-state index contributed by atoms with van der Waals surface area (Å²) in [5.41, 5.74) is 3.14. The van der Waals surface area contributed by atoms with Crippen LogP contribution in [0.2, 0.25) is 0 Å². The summed E-state index contributed by atoms with van der Waals surface area (Å²) in [4.78, 5) is 0. The van der Waals surface area contributed by atoms with E-state index in [1.807, 2.05) is 0 Å². The summed E-state index contributed by atoms with van der Waals surface area (Å²) >= 11 is 0. The molecule has 0 aliphatic heterocycles. The molecule has 3 unspecified atom stereocenters. The van der Waals surface area contributed by atoms with E-state index in [0.29, 0.717) is 0 Å². The van der Waals surface area contributed by atoms with E-state index in [0.717, 1.165) is 17.9 Å². The van der Waals surface area contributed by atoms with Crippen LogP contribution in [0.1, 0.15) is 30.4 Å². The van der Waals surface area contributed by atoms with E-state index in [4.69, 9.17) is 0 Å². The maximum atomic E-state index is 3.65. The summed E-state index contributed by atoms with van der Waals surface area (Å²) in [5, 5.41) is 3.65. The summed E-state index contributed by atoms with van der Waals surface area (Å²) in [6, 6.07) is 9.66. The SMILES string of the molecule is CC1CC1NCC1Cc2ccccc21. The Morgan fingerprint density at radius 2 is 2.14 bits per heavy atom. The van der Waals surface area contributed by atoms with Crippen molar-refractivity contribution in [3.8, 4) is 0 Å². The molecule has 1 heteroatoms. The van der Waals surface area contributed by atoms with Gasteiger partial charge in [0.2, 0.25) is 0 Å². The van der Waals surface area contributed by atoms with Gasteiger partial charge in [0.25, 0.3) is 0 Å². The van der Waals surface area contributed by atoms with Crippen molar-refractivity contribution >= 4 is 0 Å². The number of nitrogens with one attached hydrogen (secondary N) is 1. The fraction of sp³-hybridized carbons (Fsp3) is 0.538. The molecule has 74 valence electrons. The van der Waals surface area contributed by atoms with Gasteiger partial charge in [0.15, 0.2) is 0 Å². The van der Waals surface area contributed by atoms with Crippen molar-refractivity contribution in [2.45, 2.75) is 31.7 Å². The zero-order valence-corrected chi connectivity index (χ0v) is 8.66. The largest absolute Gasteiger partial charge is 0.313 e. The lowest BCUT2D eigenvalue weighted by atomic mass is 9.77. The lowest BCUT2D eigenvalue weighted by Gasteiger charge is -2.30. The summed E-state index contributed by atoms with van der Waals surface area (Å²) in [7, 11) is 0. The van der Waals surface area contributed by atoms with Crippen LogP contribution in [0, 0.1) is 5.92 Å². The molecule has 1 aromatic rings. The molecule has 1 nitrogen and oxygen atoms in total. The normalized spacial score (nSPS) is 33.4. The molecule has 1 saturated carbocycles. The van der Waals surface area contributed by atoms with Crippen molar-refractivity contribution in [3.63, 3.8) is 0 Å².